The summed E-state index contributed by atoms with van der Waals surface area (Å²) in [5.74, 6) is 0. The molecule has 46 heavy (non-hydrogen) atoms. The third-order valence-corrected chi connectivity index (χ3v) is 8.67. The Hall–Kier alpha value is -7.12. The summed E-state index contributed by atoms with van der Waals surface area (Å²) in [5, 5.41) is 45.9. The molecule has 0 aliphatic rings. The lowest BCUT2D eigenvalue weighted by Gasteiger charge is -2.20. The summed E-state index contributed by atoms with van der Waals surface area (Å²) in [4.78, 5) is 0. The van der Waals surface area contributed by atoms with Crippen molar-refractivity contribution in [3.8, 4) is 46.8 Å². The van der Waals surface area contributed by atoms with Gasteiger partial charge in [-0.15, -0.1) is 0 Å². The highest BCUT2D eigenvalue weighted by Gasteiger charge is 2.25. The minimum Gasteiger partial charge on any atom is -0.307 e. The fourth-order valence-corrected chi connectivity index (χ4v) is 6.81. The van der Waals surface area contributed by atoms with Crippen LogP contribution in [0.15, 0.2) is 121 Å². The van der Waals surface area contributed by atoms with Gasteiger partial charge < -0.3 is 9.13 Å². The highest BCUT2D eigenvalue weighted by Crippen LogP contribution is 2.42. The molecule has 0 spiro atoms. The van der Waals surface area contributed by atoms with Gasteiger partial charge in [-0.05, 0) is 42.5 Å². The molecule has 6 nitrogen and oxygen atoms in total. The van der Waals surface area contributed by atoms with Gasteiger partial charge in [0.1, 0.15) is 18.2 Å². The van der Waals surface area contributed by atoms with Gasteiger partial charge >= 0.3 is 0 Å². The second kappa shape index (κ2) is 10.3. The van der Waals surface area contributed by atoms with Crippen LogP contribution in [0.4, 0.5) is 0 Å². The van der Waals surface area contributed by atoms with E-state index in [1.54, 1.807) is 24.3 Å². The van der Waals surface area contributed by atoms with Crippen LogP contribution in [0.3, 0.4) is 0 Å². The molecule has 0 aliphatic carbocycles. The van der Waals surface area contributed by atoms with Crippen molar-refractivity contribution in [1.82, 2.24) is 9.13 Å². The van der Waals surface area contributed by atoms with Crippen LogP contribution in [0.1, 0.15) is 22.3 Å². The van der Waals surface area contributed by atoms with E-state index in [0.717, 1.165) is 43.6 Å². The number of nitriles is 4. The average Bonchev–Trinajstić information content (AvgIpc) is 3.63. The summed E-state index contributed by atoms with van der Waals surface area (Å²) in [6.07, 6.45) is 0. The van der Waals surface area contributed by atoms with Gasteiger partial charge in [0.15, 0.2) is 0 Å². The molecule has 6 aromatic carbocycles. The van der Waals surface area contributed by atoms with Gasteiger partial charge in [-0.25, -0.2) is 0 Å². The van der Waals surface area contributed by atoms with Crippen LogP contribution in [0.25, 0.3) is 66.1 Å². The van der Waals surface area contributed by atoms with Crippen molar-refractivity contribution >= 4 is 43.6 Å². The largest absolute Gasteiger partial charge is 0.307 e. The predicted octanol–water partition coefficient (Wildman–Crippen LogP) is 9.03. The minimum atomic E-state index is 0.270. The van der Waals surface area contributed by atoms with Gasteiger partial charge in [0.2, 0.25) is 0 Å². The van der Waals surface area contributed by atoms with Gasteiger partial charge in [-0.3, -0.25) is 0 Å². The molecule has 0 amide bonds. The summed E-state index contributed by atoms with van der Waals surface area (Å²) in [6, 6.07) is 47.9. The number of aromatic nitrogens is 2. The van der Waals surface area contributed by atoms with Gasteiger partial charge in [0.25, 0.3) is 0 Å². The van der Waals surface area contributed by atoms with E-state index in [2.05, 4.69) is 24.3 Å². The lowest BCUT2D eigenvalue weighted by atomic mass is 9.91. The Morgan fingerprint density at radius 3 is 1.28 bits per heavy atom. The Morgan fingerprint density at radius 1 is 0.391 bits per heavy atom. The molecular formula is C40H20N6. The van der Waals surface area contributed by atoms with Crippen LogP contribution in [0, 0.1) is 45.3 Å². The highest BCUT2D eigenvalue weighted by molar-refractivity contribution is 6.11. The van der Waals surface area contributed by atoms with Crippen molar-refractivity contribution < 1.29 is 0 Å². The fourth-order valence-electron chi connectivity index (χ4n) is 6.81. The molecule has 2 heterocycles. The van der Waals surface area contributed by atoms with Crippen LogP contribution in [-0.4, -0.2) is 9.13 Å². The molecule has 6 heteroatoms. The zero-order valence-electron chi connectivity index (χ0n) is 24.2. The summed E-state index contributed by atoms with van der Waals surface area (Å²) >= 11 is 0. The number of nitrogens with zero attached hydrogens (tertiary/aromatic N) is 6. The molecule has 0 unspecified atom stereocenters. The second-order valence-electron chi connectivity index (χ2n) is 11.0. The summed E-state index contributed by atoms with van der Waals surface area (Å²) in [7, 11) is 0. The van der Waals surface area contributed by atoms with Crippen molar-refractivity contribution in [2.24, 2.45) is 0 Å². The minimum absolute atomic E-state index is 0.270. The van der Waals surface area contributed by atoms with Crippen molar-refractivity contribution in [2.75, 3.05) is 0 Å². The quantitative estimate of drug-likeness (QED) is 0.207. The number of fused-ring (bicyclic) bond motifs is 6. The Balaban J connectivity index is 1.55. The number of para-hydroxylation sites is 4. The number of benzene rings is 6. The number of hydrogen-bond acceptors (Lipinski definition) is 4. The molecule has 0 saturated carbocycles. The Bertz CT molecular complexity index is 2640. The first kappa shape index (κ1) is 26.5. The van der Waals surface area contributed by atoms with E-state index in [-0.39, 0.29) is 5.56 Å². The van der Waals surface area contributed by atoms with E-state index >= 15 is 0 Å². The predicted molar refractivity (Wildman–Crippen MR) is 179 cm³/mol. The Morgan fingerprint density at radius 2 is 0.848 bits per heavy atom. The standard InChI is InChI=1S/C40H20N6/c41-21-25-19-27(23-43)40(46-37-15-7-3-11-31(37)32-12-4-8-16-38(32)46)33(20-25)28-18-17-26(22-42)39(34(28)24-44)45-35-13-5-1-9-29(35)30-10-2-6-14-36(30)45/h1-20H. The molecule has 210 valence electrons. The maximum atomic E-state index is 10.9. The van der Waals surface area contributed by atoms with Crippen molar-refractivity contribution in [3.05, 3.63) is 144 Å². The van der Waals surface area contributed by atoms with Crippen LogP contribution in [0.5, 0.6) is 0 Å². The van der Waals surface area contributed by atoms with Crippen LogP contribution in [-0.2, 0) is 0 Å². The molecule has 8 aromatic rings. The van der Waals surface area contributed by atoms with Crippen molar-refractivity contribution in [3.63, 3.8) is 0 Å². The third kappa shape index (κ3) is 3.66. The Labute approximate surface area is 263 Å². The van der Waals surface area contributed by atoms with Gasteiger partial charge in [0, 0.05) is 32.7 Å². The maximum absolute atomic E-state index is 10.9. The summed E-state index contributed by atoms with van der Waals surface area (Å²) in [5.41, 5.74) is 6.78. The molecule has 0 fully saturated rings. The van der Waals surface area contributed by atoms with E-state index in [1.165, 1.54) is 0 Å². The zero-order valence-corrected chi connectivity index (χ0v) is 24.2. The van der Waals surface area contributed by atoms with Crippen LogP contribution >= 0.6 is 0 Å². The molecule has 0 N–H and O–H groups in total. The molecular weight excluding hydrogens is 564 g/mol. The molecule has 0 bridgehead atoms. The van der Waals surface area contributed by atoms with E-state index in [1.807, 2.05) is 106 Å². The van der Waals surface area contributed by atoms with Crippen molar-refractivity contribution in [2.45, 2.75) is 0 Å². The fraction of sp³-hybridized carbons (Fsp3) is 0. The average molecular weight is 585 g/mol. The monoisotopic (exact) mass is 584 g/mol. The van der Waals surface area contributed by atoms with E-state index < -0.39 is 0 Å². The molecule has 0 aliphatic heterocycles. The second-order valence-corrected chi connectivity index (χ2v) is 11.0. The lowest BCUT2D eigenvalue weighted by molar-refractivity contribution is 1.15. The van der Waals surface area contributed by atoms with E-state index in [9.17, 15) is 21.0 Å². The number of rotatable bonds is 3. The van der Waals surface area contributed by atoms with Crippen LogP contribution in [0.2, 0.25) is 0 Å². The topological polar surface area (TPSA) is 105 Å². The van der Waals surface area contributed by atoms with Gasteiger partial charge in [-0.1, -0.05) is 78.9 Å². The highest BCUT2D eigenvalue weighted by atomic mass is 15.0. The van der Waals surface area contributed by atoms with Crippen molar-refractivity contribution in [1.29, 1.82) is 21.0 Å². The summed E-state index contributed by atoms with van der Waals surface area (Å²) in [6.45, 7) is 0. The first-order valence-corrected chi connectivity index (χ1v) is 14.6. The lowest BCUT2D eigenvalue weighted by Crippen LogP contribution is -2.06. The maximum Gasteiger partial charge on any atom is 0.102 e. The molecule has 0 atom stereocenters. The first-order valence-electron chi connectivity index (χ1n) is 14.6. The normalized spacial score (nSPS) is 11.0. The smallest absolute Gasteiger partial charge is 0.102 e. The van der Waals surface area contributed by atoms with E-state index in [4.69, 9.17) is 0 Å². The molecule has 8 rings (SSSR count). The zero-order chi connectivity index (χ0) is 31.4. The Kier molecular flexibility index (Phi) is 5.91. The van der Waals surface area contributed by atoms with Gasteiger partial charge in [-0.2, -0.15) is 21.0 Å². The molecule has 0 saturated heterocycles. The van der Waals surface area contributed by atoms with E-state index in [0.29, 0.717) is 39.2 Å². The van der Waals surface area contributed by atoms with Crippen LogP contribution < -0.4 is 0 Å². The number of hydrogen-bond donors (Lipinski definition) is 0. The first-order chi connectivity index (χ1) is 22.7. The third-order valence-electron chi connectivity index (χ3n) is 8.67. The molecule has 2 aromatic heterocycles. The SMILES string of the molecule is N#Cc1cc(C#N)c(-n2c3ccccc3c3ccccc32)c(-c2ccc(C#N)c(-n3c4ccccc4c4ccccc43)c2C#N)c1. The molecule has 0 radical (unpaired) electrons. The van der Waals surface area contributed by atoms with Gasteiger partial charge in [0.05, 0.1) is 61.8 Å². The summed E-state index contributed by atoms with van der Waals surface area (Å²) < 4.78 is 4.02.